The maximum Gasteiger partial charge on any atom is 0.410 e. The predicted molar refractivity (Wildman–Crippen MR) is 94.0 cm³/mol. The van der Waals surface area contributed by atoms with Crippen molar-refractivity contribution in [1.29, 1.82) is 0 Å². The number of ether oxygens (including phenoxy) is 1. The van der Waals surface area contributed by atoms with E-state index in [1.807, 2.05) is 32.6 Å². The lowest BCUT2D eigenvalue weighted by molar-refractivity contribution is 0.0201. The van der Waals surface area contributed by atoms with Crippen molar-refractivity contribution in [2.45, 2.75) is 71.6 Å². The Hall–Kier alpha value is -1.14. The Bertz CT molecular complexity index is 524. The van der Waals surface area contributed by atoms with Crippen LogP contribution in [0.4, 0.5) is 4.79 Å². The smallest absolute Gasteiger partial charge is 0.410 e. The third kappa shape index (κ3) is 5.46. The monoisotopic (exact) mass is 339 g/mol. The van der Waals surface area contributed by atoms with Crippen molar-refractivity contribution in [3.8, 4) is 0 Å². The summed E-state index contributed by atoms with van der Waals surface area (Å²) in [5.74, 6) is 0. The molecule has 5 nitrogen and oxygen atoms in total. The fourth-order valence-electron chi connectivity index (χ4n) is 2.95. The Morgan fingerprint density at radius 3 is 2.91 bits per heavy atom. The van der Waals surface area contributed by atoms with Gasteiger partial charge in [-0.15, -0.1) is 11.3 Å². The number of hydrogen-bond donors (Lipinski definition) is 1. The highest BCUT2D eigenvalue weighted by Crippen LogP contribution is 2.23. The predicted octanol–water partition coefficient (Wildman–Crippen LogP) is 3.37. The molecule has 1 amide bonds. The highest BCUT2D eigenvalue weighted by Gasteiger charge is 2.35. The van der Waals surface area contributed by atoms with E-state index >= 15 is 0 Å². The van der Waals surface area contributed by atoms with Crippen molar-refractivity contribution in [1.82, 2.24) is 15.2 Å². The minimum Gasteiger partial charge on any atom is -0.444 e. The molecule has 2 heterocycles. The Morgan fingerprint density at radius 2 is 2.30 bits per heavy atom. The van der Waals surface area contributed by atoms with Crippen LogP contribution < -0.4 is 5.32 Å². The summed E-state index contributed by atoms with van der Waals surface area (Å²) in [6.07, 6.45) is 2.81. The number of aryl methyl sites for hydroxylation is 1. The van der Waals surface area contributed by atoms with Gasteiger partial charge in [0.1, 0.15) is 5.60 Å². The number of nitrogens with one attached hydrogen (secondary N) is 1. The minimum absolute atomic E-state index is 0.191. The topological polar surface area (TPSA) is 54.5 Å². The number of aromatic nitrogens is 1. The summed E-state index contributed by atoms with van der Waals surface area (Å²) in [6, 6.07) is 0.465. The first-order chi connectivity index (χ1) is 10.8. The van der Waals surface area contributed by atoms with Crippen LogP contribution in [0, 0.1) is 6.92 Å². The molecule has 6 heteroatoms. The zero-order chi connectivity index (χ0) is 17.0. The van der Waals surface area contributed by atoms with Gasteiger partial charge in [0.2, 0.25) is 0 Å². The van der Waals surface area contributed by atoms with Gasteiger partial charge in [0, 0.05) is 30.9 Å². The molecule has 1 aromatic rings. The van der Waals surface area contributed by atoms with E-state index in [-0.39, 0.29) is 18.2 Å². The number of likely N-dealkylation sites (tertiary alicyclic amines) is 1. The summed E-state index contributed by atoms with van der Waals surface area (Å²) in [5, 5.41) is 6.77. The van der Waals surface area contributed by atoms with Gasteiger partial charge in [0.05, 0.1) is 16.7 Å². The van der Waals surface area contributed by atoms with Gasteiger partial charge in [-0.2, -0.15) is 0 Å². The largest absolute Gasteiger partial charge is 0.444 e. The molecule has 0 aromatic carbocycles. The van der Waals surface area contributed by atoms with Gasteiger partial charge in [-0.3, -0.25) is 0 Å². The van der Waals surface area contributed by atoms with E-state index < -0.39 is 5.60 Å². The molecule has 1 N–H and O–H groups in total. The van der Waals surface area contributed by atoms with Gasteiger partial charge in [-0.25, -0.2) is 9.78 Å². The van der Waals surface area contributed by atoms with Crippen LogP contribution in [0.25, 0.3) is 0 Å². The third-order valence-corrected chi connectivity index (χ3v) is 4.84. The summed E-state index contributed by atoms with van der Waals surface area (Å²) in [7, 11) is 0. The highest BCUT2D eigenvalue weighted by molar-refractivity contribution is 7.09. The standard InChI is InChI=1S/C17H29N3O2S/c1-12(18-9-8-14-11-23-13(2)19-14)15-7-6-10-20(15)16(21)22-17(3,4)5/h11-12,15,18H,6-10H2,1-5H3/t12-,15-/m1/s1. The Morgan fingerprint density at radius 1 is 1.57 bits per heavy atom. The number of carbonyl (C=O) groups excluding carboxylic acids is 1. The number of nitrogens with zero attached hydrogens (tertiary/aromatic N) is 2. The summed E-state index contributed by atoms with van der Waals surface area (Å²) in [4.78, 5) is 18.7. The van der Waals surface area contributed by atoms with Crippen molar-refractivity contribution < 1.29 is 9.53 Å². The Balaban J connectivity index is 1.82. The molecule has 1 fully saturated rings. The van der Waals surface area contributed by atoms with Gasteiger partial charge >= 0.3 is 6.09 Å². The van der Waals surface area contributed by atoms with Gasteiger partial charge in [-0.1, -0.05) is 0 Å². The maximum absolute atomic E-state index is 12.3. The van der Waals surface area contributed by atoms with Crippen LogP contribution in [0.2, 0.25) is 0 Å². The van der Waals surface area contributed by atoms with E-state index in [9.17, 15) is 4.79 Å². The summed E-state index contributed by atoms with van der Waals surface area (Å²) in [6.45, 7) is 11.6. The number of amides is 1. The van der Waals surface area contributed by atoms with Gasteiger partial charge < -0.3 is 15.0 Å². The second-order valence-corrected chi connectivity index (χ2v) is 8.30. The first kappa shape index (κ1) is 18.2. The molecule has 2 rings (SSSR count). The second-order valence-electron chi connectivity index (χ2n) is 7.23. The van der Waals surface area contributed by atoms with Crippen molar-refractivity contribution in [3.63, 3.8) is 0 Å². The van der Waals surface area contributed by atoms with E-state index in [4.69, 9.17) is 4.74 Å². The molecule has 2 atom stereocenters. The summed E-state index contributed by atoms with van der Waals surface area (Å²) < 4.78 is 5.53. The van der Waals surface area contributed by atoms with E-state index in [1.54, 1.807) is 11.3 Å². The van der Waals surface area contributed by atoms with E-state index in [0.29, 0.717) is 0 Å². The lowest BCUT2D eigenvalue weighted by Gasteiger charge is -2.32. The van der Waals surface area contributed by atoms with Gasteiger partial charge in [0.25, 0.3) is 0 Å². The fraction of sp³-hybridized carbons (Fsp3) is 0.765. The van der Waals surface area contributed by atoms with Crippen LogP contribution in [-0.4, -0.2) is 46.8 Å². The zero-order valence-electron chi connectivity index (χ0n) is 14.9. The third-order valence-electron chi connectivity index (χ3n) is 4.02. The van der Waals surface area contributed by atoms with Crippen molar-refractivity contribution in [3.05, 3.63) is 16.1 Å². The molecule has 0 bridgehead atoms. The molecule has 0 saturated carbocycles. The van der Waals surface area contributed by atoms with Crippen LogP contribution >= 0.6 is 11.3 Å². The van der Waals surface area contributed by atoms with Crippen molar-refractivity contribution in [2.75, 3.05) is 13.1 Å². The fourth-order valence-corrected chi connectivity index (χ4v) is 3.59. The van der Waals surface area contributed by atoms with Crippen LogP contribution in [0.5, 0.6) is 0 Å². The van der Waals surface area contributed by atoms with Crippen LogP contribution in [0.15, 0.2) is 5.38 Å². The molecule has 0 spiro atoms. The summed E-state index contributed by atoms with van der Waals surface area (Å²) in [5.41, 5.74) is 0.700. The zero-order valence-corrected chi connectivity index (χ0v) is 15.7. The molecule has 23 heavy (non-hydrogen) atoms. The van der Waals surface area contributed by atoms with Crippen LogP contribution in [0.1, 0.15) is 51.2 Å². The SMILES string of the molecule is Cc1nc(CCN[C@H](C)[C@H]2CCCN2C(=O)OC(C)(C)C)cs1. The molecule has 1 aromatic heterocycles. The number of rotatable bonds is 5. The molecule has 130 valence electrons. The molecule has 1 saturated heterocycles. The second kappa shape index (κ2) is 7.62. The van der Waals surface area contributed by atoms with Gasteiger partial charge in [0.15, 0.2) is 0 Å². The summed E-state index contributed by atoms with van der Waals surface area (Å²) >= 11 is 1.69. The quantitative estimate of drug-likeness (QED) is 0.893. The molecule has 1 aliphatic heterocycles. The first-order valence-corrected chi connectivity index (χ1v) is 9.28. The first-order valence-electron chi connectivity index (χ1n) is 8.40. The van der Waals surface area contributed by atoms with Crippen molar-refractivity contribution >= 4 is 17.4 Å². The van der Waals surface area contributed by atoms with E-state index in [2.05, 4.69) is 22.6 Å². The number of thiazole rings is 1. The number of carbonyl (C=O) groups is 1. The van der Waals surface area contributed by atoms with Crippen LogP contribution in [0.3, 0.4) is 0 Å². The van der Waals surface area contributed by atoms with Crippen LogP contribution in [-0.2, 0) is 11.2 Å². The highest BCUT2D eigenvalue weighted by atomic mass is 32.1. The Kier molecular flexibility index (Phi) is 6.03. The maximum atomic E-state index is 12.3. The molecular formula is C17H29N3O2S. The van der Waals surface area contributed by atoms with E-state index in [1.165, 1.54) is 0 Å². The van der Waals surface area contributed by atoms with Gasteiger partial charge in [-0.05, 0) is 47.5 Å². The molecule has 0 radical (unpaired) electrons. The van der Waals surface area contributed by atoms with Crippen molar-refractivity contribution in [2.24, 2.45) is 0 Å². The Labute approximate surface area is 143 Å². The normalized spacial score (nSPS) is 19.9. The molecular weight excluding hydrogens is 310 g/mol. The minimum atomic E-state index is -0.441. The number of hydrogen-bond acceptors (Lipinski definition) is 5. The lowest BCUT2D eigenvalue weighted by Crippen LogP contribution is -2.49. The average Bonchev–Trinajstić information content (AvgIpc) is 3.05. The molecule has 1 aliphatic rings. The lowest BCUT2D eigenvalue weighted by atomic mass is 10.1. The van der Waals surface area contributed by atoms with E-state index in [0.717, 1.165) is 43.1 Å². The average molecular weight is 340 g/mol. The molecule has 0 aliphatic carbocycles. The molecule has 0 unspecified atom stereocenters.